The Morgan fingerprint density at radius 3 is 2.50 bits per heavy atom. The first-order valence-corrected chi connectivity index (χ1v) is 6.03. The number of likely N-dealkylation sites (tertiary alicyclic amines) is 1. The molecule has 1 unspecified atom stereocenters. The summed E-state index contributed by atoms with van der Waals surface area (Å²) < 4.78 is 0. The molecule has 1 N–H and O–H groups in total. The van der Waals surface area contributed by atoms with Crippen LogP contribution in [0.3, 0.4) is 0 Å². The van der Waals surface area contributed by atoms with Crippen LogP contribution in [0.5, 0.6) is 0 Å². The van der Waals surface area contributed by atoms with E-state index >= 15 is 0 Å². The van der Waals surface area contributed by atoms with Gasteiger partial charge in [0.1, 0.15) is 0 Å². The topological polar surface area (TPSA) is 35.6 Å². The van der Waals surface area contributed by atoms with E-state index in [-0.39, 0.29) is 11.6 Å². The summed E-state index contributed by atoms with van der Waals surface area (Å²) in [6.07, 6.45) is 2.25. The molecule has 0 aromatic heterocycles. The van der Waals surface area contributed by atoms with Gasteiger partial charge in [-0.05, 0) is 40.2 Å². The minimum atomic E-state index is 0.0146. The molecule has 0 aliphatic carbocycles. The maximum absolute atomic E-state index is 11.6. The number of amides is 2. The number of nitrogens with zero attached hydrogens (tertiary/aromatic N) is 2. The van der Waals surface area contributed by atoms with Crippen LogP contribution in [0, 0.1) is 0 Å². The van der Waals surface area contributed by atoms with Crippen LogP contribution in [-0.4, -0.2) is 54.6 Å². The van der Waals surface area contributed by atoms with E-state index in [2.05, 4.69) is 31.0 Å². The van der Waals surface area contributed by atoms with Gasteiger partial charge in [0.05, 0.1) is 0 Å². The van der Waals surface area contributed by atoms with Crippen molar-refractivity contribution in [2.75, 3.05) is 27.2 Å². The van der Waals surface area contributed by atoms with Gasteiger partial charge in [-0.2, -0.15) is 0 Å². The third kappa shape index (κ3) is 3.67. The highest BCUT2D eigenvalue weighted by Crippen LogP contribution is 2.20. The van der Waals surface area contributed by atoms with Gasteiger partial charge in [-0.1, -0.05) is 0 Å². The molecule has 1 heterocycles. The lowest BCUT2D eigenvalue weighted by Gasteiger charge is -2.41. The van der Waals surface area contributed by atoms with Crippen molar-refractivity contribution in [3.8, 4) is 0 Å². The Kier molecular flexibility index (Phi) is 4.19. The molecule has 0 aromatic rings. The van der Waals surface area contributed by atoms with Crippen molar-refractivity contribution in [2.45, 2.75) is 45.2 Å². The van der Waals surface area contributed by atoms with E-state index in [1.165, 1.54) is 0 Å². The first kappa shape index (κ1) is 13.3. The van der Waals surface area contributed by atoms with E-state index in [1.807, 2.05) is 0 Å². The Morgan fingerprint density at radius 2 is 2.00 bits per heavy atom. The quantitative estimate of drug-likeness (QED) is 0.737. The fourth-order valence-corrected chi connectivity index (χ4v) is 2.01. The van der Waals surface area contributed by atoms with E-state index < -0.39 is 0 Å². The van der Waals surface area contributed by atoms with E-state index in [9.17, 15) is 4.79 Å². The van der Waals surface area contributed by atoms with Crippen molar-refractivity contribution >= 4 is 6.03 Å². The summed E-state index contributed by atoms with van der Waals surface area (Å²) in [5.74, 6) is 0. The second-order valence-electron chi connectivity index (χ2n) is 5.80. The lowest BCUT2D eigenvalue weighted by Crippen LogP contribution is -2.54. The van der Waals surface area contributed by atoms with Crippen LogP contribution in [0.2, 0.25) is 0 Å². The Morgan fingerprint density at radius 1 is 1.38 bits per heavy atom. The molecule has 1 aliphatic rings. The van der Waals surface area contributed by atoms with Gasteiger partial charge >= 0.3 is 6.03 Å². The van der Waals surface area contributed by atoms with Crippen molar-refractivity contribution in [3.63, 3.8) is 0 Å². The van der Waals surface area contributed by atoms with E-state index in [0.29, 0.717) is 6.04 Å². The number of piperidine rings is 1. The maximum Gasteiger partial charge on any atom is 0.317 e. The summed E-state index contributed by atoms with van der Waals surface area (Å²) in [5, 5.41) is 3.07. The van der Waals surface area contributed by atoms with Crippen molar-refractivity contribution in [1.82, 2.24) is 15.1 Å². The molecule has 1 rings (SSSR count). The van der Waals surface area contributed by atoms with Crippen molar-refractivity contribution in [2.24, 2.45) is 0 Å². The molecule has 0 radical (unpaired) electrons. The molecule has 1 fully saturated rings. The van der Waals surface area contributed by atoms with Crippen molar-refractivity contribution in [1.29, 1.82) is 0 Å². The lowest BCUT2D eigenvalue weighted by atomic mass is 9.98. The fraction of sp³-hybridized carbons (Fsp3) is 0.917. The Hall–Kier alpha value is -0.770. The third-order valence-corrected chi connectivity index (χ3v) is 3.10. The molecule has 0 aromatic carbocycles. The summed E-state index contributed by atoms with van der Waals surface area (Å²) in [4.78, 5) is 15.6. The van der Waals surface area contributed by atoms with Crippen LogP contribution in [0.4, 0.5) is 4.79 Å². The van der Waals surface area contributed by atoms with E-state index in [0.717, 1.165) is 25.9 Å². The van der Waals surface area contributed by atoms with Gasteiger partial charge in [-0.25, -0.2) is 4.79 Å². The zero-order valence-electron chi connectivity index (χ0n) is 11.2. The second kappa shape index (κ2) is 5.04. The first-order chi connectivity index (χ1) is 7.30. The highest BCUT2D eigenvalue weighted by molar-refractivity contribution is 5.73. The molecule has 94 valence electrons. The van der Waals surface area contributed by atoms with Crippen molar-refractivity contribution in [3.05, 3.63) is 0 Å². The van der Waals surface area contributed by atoms with Gasteiger partial charge in [0.2, 0.25) is 0 Å². The summed E-state index contributed by atoms with van der Waals surface area (Å²) >= 11 is 0. The molecule has 1 aliphatic heterocycles. The Bertz CT molecular complexity index is 245. The van der Waals surface area contributed by atoms with Crippen LogP contribution < -0.4 is 5.32 Å². The number of nitrogens with one attached hydrogen (secondary N) is 1. The number of urea groups is 1. The summed E-state index contributed by atoms with van der Waals surface area (Å²) in [6.45, 7) is 8.77. The lowest BCUT2D eigenvalue weighted by molar-refractivity contribution is 0.0912. The summed E-state index contributed by atoms with van der Waals surface area (Å²) in [7, 11) is 3.55. The Balaban J connectivity index is 2.48. The van der Waals surface area contributed by atoms with Gasteiger partial charge in [0.25, 0.3) is 0 Å². The van der Waals surface area contributed by atoms with Gasteiger partial charge < -0.3 is 10.2 Å². The Labute approximate surface area is 99.0 Å². The van der Waals surface area contributed by atoms with Crippen LogP contribution in [-0.2, 0) is 0 Å². The summed E-state index contributed by atoms with van der Waals surface area (Å²) in [6, 6.07) is 0.309. The molecule has 0 bridgehead atoms. The smallest absolute Gasteiger partial charge is 0.317 e. The molecule has 2 amide bonds. The predicted octanol–water partition coefficient (Wildman–Crippen LogP) is 1.52. The van der Waals surface area contributed by atoms with E-state index in [1.54, 1.807) is 19.0 Å². The highest BCUT2D eigenvalue weighted by Gasteiger charge is 2.28. The molecule has 4 nitrogen and oxygen atoms in total. The average molecular weight is 227 g/mol. The number of hydrogen-bond donors (Lipinski definition) is 1. The largest absolute Gasteiger partial charge is 0.334 e. The normalized spacial score (nSPS) is 22.9. The van der Waals surface area contributed by atoms with Gasteiger partial charge in [0, 0.05) is 32.2 Å². The second-order valence-corrected chi connectivity index (χ2v) is 5.80. The van der Waals surface area contributed by atoms with Crippen LogP contribution in [0.15, 0.2) is 0 Å². The molecule has 16 heavy (non-hydrogen) atoms. The zero-order chi connectivity index (χ0) is 12.3. The standard InChI is InChI=1S/C12H25N3O/c1-12(2,3)15-8-6-7-10(9-15)13-11(16)14(4)5/h10H,6-9H2,1-5H3,(H,13,16). The molecule has 0 saturated carbocycles. The van der Waals surface area contributed by atoms with Crippen LogP contribution >= 0.6 is 0 Å². The monoisotopic (exact) mass is 227 g/mol. The molecular weight excluding hydrogens is 202 g/mol. The SMILES string of the molecule is CN(C)C(=O)NC1CCCN(C(C)(C)C)C1. The van der Waals surface area contributed by atoms with Crippen LogP contribution in [0.25, 0.3) is 0 Å². The summed E-state index contributed by atoms with van der Waals surface area (Å²) in [5.41, 5.74) is 0.196. The fourth-order valence-electron chi connectivity index (χ4n) is 2.01. The van der Waals surface area contributed by atoms with Gasteiger partial charge in [-0.15, -0.1) is 0 Å². The molecule has 1 saturated heterocycles. The zero-order valence-corrected chi connectivity index (χ0v) is 11.2. The minimum absolute atomic E-state index is 0.0146. The number of carbonyl (C=O) groups excluding carboxylic acids is 1. The molecule has 0 spiro atoms. The van der Waals surface area contributed by atoms with Gasteiger partial charge in [-0.3, -0.25) is 4.90 Å². The van der Waals surface area contributed by atoms with Gasteiger partial charge in [0.15, 0.2) is 0 Å². The minimum Gasteiger partial charge on any atom is -0.334 e. The molecule has 4 heteroatoms. The number of rotatable bonds is 1. The average Bonchev–Trinajstić information content (AvgIpc) is 2.16. The molecular formula is C12H25N3O. The molecule has 1 atom stereocenters. The third-order valence-electron chi connectivity index (χ3n) is 3.10. The number of carbonyl (C=O) groups is 1. The van der Waals surface area contributed by atoms with E-state index in [4.69, 9.17) is 0 Å². The van der Waals surface area contributed by atoms with Crippen molar-refractivity contribution < 1.29 is 4.79 Å². The predicted molar refractivity (Wildman–Crippen MR) is 66.6 cm³/mol. The maximum atomic E-state index is 11.6. The van der Waals surface area contributed by atoms with Crippen LogP contribution in [0.1, 0.15) is 33.6 Å². The number of hydrogen-bond acceptors (Lipinski definition) is 2. The first-order valence-electron chi connectivity index (χ1n) is 6.03. The highest BCUT2D eigenvalue weighted by atomic mass is 16.2.